The molecule has 1 aliphatic carbocycles. The summed E-state index contributed by atoms with van der Waals surface area (Å²) in [7, 11) is 0. The third-order valence-electron chi connectivity index (χ3n) is 4.85. The van der Waals surface area contributed by atoms with Crippen molar-refractivity contribution in [3.8, 4) is 6.07 Å². The lowest BCUT2D eigenvalue weighted by molar-refractivity contribution is -0.225. The molecule has 3 nitrogen and oxygen atoms in total. The fourth-order valence-electron chi connectivity index (χ4n) is 3.67. The summed E-state index contributed by atoms with van der Waals surface area (Å²) < 4.78 is 39.7. The van der Waals surface area contributed by atoms with E-state index in [1.165, 1.54) is 0 Å². The van der Waals surface area contributed by atoms with E-state index in [-0.39, 0.29) is 6.42 Å². The molecule has 2 aliphatic rings. The van der Waals surface area contributed by atoms with E-state index < -0.39 is 17.5 Å². The van der Waals surface area contributed by atoms with Crippen LogP contribution in [0.5, 0.6) is 0 Å². The number of rotatable bonds is 1. The molecule has 3 rings (SSSR count). The van der Waals surface area contributed by atoms with Gasteiger partial charge in [-0.05, 0) is 36.8 Å². The van der Waals surface area contributed by atoms with Crippen LogP contribution >= 0.6 is 0 Å². The lowest BCUT2D eigenvalue weighted by Gasteiger charge is -2.54. The first-order chi connectivity index (χ1) is 9.94. The van der Waals surface area contributed by atoms with Gasteiger partial charge in [-0.3, -0.25) is 0 Å². The maximum absolute atomic E-state index is 13.2. The molecular weight excluding hydrogens is 279 g/mol. The van der Waals surface area contributed by atoms with Crippen LogP contribution in [0.4, 0.5) is 19.0 Å². The molecule has 1 saturated carbocycles. The van der Waals surface area contributed by atoms with Gasteiger partial charge in [0.05, 0.1) is 5.92 Å². The number of nitrogens with zero attached hydrogens (tertiary/aromatic N) is 3. The second-order valence-electron chi connectivity index (χ2n) is 6.01. The van der Waals surface area contributed by atoms with Crippen molar-refractivity contribution in [2.24, 2.45) is 11.3 Å². The zero-order valence-electron chi connectivity index (χ0n) is 11.5. The second-order valence-corrected chi connectivity index (χ2v) is 6.01. The number of anilines is 1. The summed E-state index contributed by atoms with van der Waals surface area (Å²) in [6, 6.07) is 7.06. The van der Waals surface area contributed by atoms with Crippen LogP contribution in [0.3, 0.4) is 0 Å². The van der Waals surface area contributed by atoms with Crippen LogP contribution in [0.1, 0.15) is 31.4 Å². The summed E-state index contributed by atoms with van der Waals surface area (Å²) >= 11 is 0. The molecule has 0 N–H and O–H groups in total. The van der Waals surface area contributed by atoms with E-state index >= 15 is 0 Å². The average Bonchev–Trinajstić information content (AvgIpc) is 2.44. The molecule has 1 aliphatic heterocycles. The number of nitriles is 1. The second kappa shape index (κ2) is 4.90. The number of piperidine rings is 1. The lowest BCUT2D eigenvalue weighted by Crippen LogP contribution is -2.56. The van der Waals surface area contributed by atoms with Gasteiger partial charge in [0.15, 0.2) is 0 Å². The fourth-order valence-corrected chi connectivity index (χ4v) is 3.67. The smallest absolute Gasteiger partial charge is 0.356 e. The summed E-state index contributed by atoms with van der Waals surface area (Å²) in [6.45, 7) is 0.729. The topological polar surface area (TPSA) is 39.9 Å². The first-order valence-electron chi connectivity index (χ1n) is 7.13. The van der Waals surface area contributed by atoms with Crippen LogP contribution in [0.15, 0.2) is 18.2 Å². The highest BCUT2D eigenvalue weighted by Gasteiger charge is 2.58. The molecule has 1 spiro atoms. The number of hydrogen-bond acceptors (Lipinski definition) is 3. The van der Waals surface area contributed by atoms with E-state index in [1.807, 2.05) is 11.0 Å². The van der Waals surface area contributed by atoms with E-state index in [0.29, 0.717) is 37.4 Å². The Morgan fingerprint density at radius 3 is 2.67 bits per heavy atom. The Bertz CT molecular complexity index is 572. The number of hydrogen-bond donors (Lipinski definition) is 0. The lowest BCUT2D eigenvalue weighted by atomic mass is 9.58. The molecular formula is C15H16F3N3. The molecule has 112 valence electrons. The molecule has 2 heterocycles. The van der Waals surface area contributed by atoms with Crippen LogP contribution < -0.4 is 4.90 Å². The van der Waals surface area contributed by atoms with Gasteiger partial charge in [0.25, 0.3) is 0 Å². The van der Waals surface area contributed by atoms with Gasteiger partial charge in [-0.2, -0.15) is 18.4 Å². The third kappa shape index (κ3) is 2.45. The Hall–Kier alpha value is -1.77. The SMILES string of the molecule is N#Cc1cccc(N2CC[C@@H](C(F)(F)F)C3(CCC3)C2)n1. The molecule has 1 aromatic rings. The van der Waals surface area contributed by atoms with Crippen molar-refractivity contribution in [2.75, 3.05) is 18.0 Å². The summed E-state index contributed by atoms with van der Waals surface area (Å²) in [5, 5.41) is 8.89. The molecule has 1 aromatic heterocycles. The summed E-state index contributed by atoms with van der Waals surface area (Å²) in [5.41, 5.74) is -0.353. The molecule has 21 heavy (non-hydrogen) atoms. The van der Waals surface area contributed by atoms with Crippen LogP contribution in [-0.4, -0.2) is 24.2 Å². The van der Waals surface area contributed by atoms with Gasteiger partial charge in [0, 0.05) is 13.1 Å². The molecule has 1 saturated heterocycles. The van der Waals surface area contributed by atoms with Gasteiger partial charge >= 0.3 is 6.18 Å². The predicted octanol–water partition coefficient (Wildman–Crippen LogP) is 3.51. The normalized spacial score (nSPS) is 24.5. The highest BCUT2D eigenvalue weighted by Crippen LogP contribution is 2.56. The van der Waals surface area contributed by atoms with Gasteiger partial charge in [-0.1, -0.05) is 12.5 Å². The van der Waals surface area contributed by atoms with Gasteiger partial charge in [-0.25, -0.2) is 4.98 Å². The van der Waals surface area contributed by atoms with E-state index in [0.717, 1.165) is 6.42 Å². The molecule has 0 bridgehead atoms. The molecule has 6 heteroatoms. The Balaban J connectivity index is 1.84. The standard InChI is InChI=1S/C15H16F3N3/c16-15(17,18)12-5-8-21(10-14(12)6-2-7-14)13-4-1-3-11(9-19)20-13/h1,3-4,12H,2,5-8,10H2/t12-/m1/s1. The van der Waals surface area contributed by atoms with Crippen molar-refractivity contribution in [3.63, 3.8) is 0 Å². The molecule has 0 amide bonds. The van der Waals surface area contributed by atoms with Crippen molar-refractivity contribution in [2.45, 2.75) is 31.9 Å². The third-order valence-corrected chi connectivity index (χ3v) is 4.85. The van der Waals surface area contributed by atoms with E-state index in [4.69, 9.17) is 5.26 Å². The molecule has 0 radical (unpaired) electrons. The number of alkyl halides is 3. The Morgan fingerprint density at radius 1 is 1.33 bits per heavy atom. The number of pyridine rings is 1. The van der Waals surface area contributed by atoms with Gasteiger partial charge in [-0.15, -0.1) is 0 Å². The van der Waals surface area contributed by atoms with Crippen molar-refractivity contribution < 1.29 is 13.2 Å². The Morgan fingerprint density at radius 2 is 2.10 bits per heavy atom. The Kier molecular flexibility index (Phi) is 3.31. The van der Waals surface area contributed by atoms with Gasteiger partial charge in [0.1, 0.15) is 17.6 Å². The first-order valence-corrected chi connectivity index (χ1v) is 7.13. The zero-order valence-corrected chi connectivity index (χ0v) is 11.5. The minimum absolute atomic E-state index is 0.113. The van der Waals surface area contributed by atoms with Crippen LogP contribution in [0.25, 0.3) is 0 Å². The molecule has 1 atom stereocenters. The van der Waals surface area contributed by atoms with Crippen LogP contribution in [0.2, 0.25) is 0 Å². The maximum Gasteiger partial charge on any atom is 0.392 e. The van der Waals surface area contributed by atoms with Gasteiger partial charge in [0.2, 0.25) is 0 Å². The highest BCUT2D eigenvalue weighted by molar-refractivity contribution is 5.43. The number of halogens is 3. The van der Waals surface area contributed by atoms with E-state index in [9.17, 15) is 13.2 Å². The quantitative estimate of drug-likeness (QED) is 0.796. The summed E-state index contributed by atoms with van der Waals surface area (Å²) in [5.74, 6) is -0.588. The summed E-state index contributed by atoms with van der Waals surface area (Å²) in [6.07, 6.45) is -1.88. The number of aromatic nitrogens is 1. The predicted molar refractivity (Wildman–Crippen MR) is 71.6 cm³/mol. The van der Waals surface area contributed by atoms with Crippen molar-refractivity contribution in [1.82, 2.24) is 4.98 Å². The van der Waals surface area contributed by atoms with Gasteiger partial charge < -0.3 is 4.90 Å². The van der Waals surface area contributed by atoms with Crippen molar-refractivity contribution >= 4 is 5.82 Å². The zero-order chi connectivity index (χ0) is 15.1. The monoisotopic (exact) mass is 295 g/mol. The molecule has 0 aromatic carbocycles. The average molecular weight is 295 g/mol. The minimum Gasteiger partial charge on any atom is -0.356 e. The van der Waals surface area contributed by atoms with E-state index in [1.54, 1.807) is 18.2 Å². The largest absolute Gasteiger partial charge is 0.392 e. The highest BCUT2D eigenvalue weighted by atomic mass is 19.4. The maximum atomic E-state index is 13.2. The molecule has 2 fully saturated rings. The van der Waals surface area contributed by atoms with E-state index in [2.05, 4.69) is 4.98 Å². The van der Waals surface area contributed by atoms with Crippen LogP contribution in [0, 0.1) is 22.7 Å². The minimum atomic E-state index is -4.12. The van der Waals surface area contributed by atoms with Crippen molar-refractivity contribution in [3.05, 3.63) is 23.9 Å². The summed E-state index contributed by atoms with van der Waals surface area (Å²) in [4.78, 5) is 6.11. The Labute approximate surface area is 121 Å². The van der Waals surface area contributed by atoms with Crippen LogP contribution in [-0.2, 0) is 0 Å². The molecule has 0 unspecified atom stereocenters. The fraction of sp³-hybridized carbons (Fsp3) is 0.600. The first kappa shape index (κ1) is 14.2. The van der Waals surface area contributed by atoms with Crippen molar-refractivity contribution in [1.29, 1.82) is 5.26 Å².